The number of hydrogen-bond donors (Lipinski definition) is 1. The second-order valence-corrected chi connectivity index (χ2v) is 7.47. The highest BCUT2D eigenvalue weighted by Gasteiger charge is 2.30. The standard InChI is InChI=1S/C22H23F2NO2/c23-19-2-1-3-20(24)21(19)22-25-17(13-27-22)12-14-4-6-15(7-5-14)16-8-10-18(26)11-9-16/h1-7,16-17,22,25H,8-13H2. The van der Waals surface area contributed by atoms with Crippen molar-refractivity contribution in [3.8, 4) is 0 Å². The second-order valence-electron chi connectivity index (χ2n) is 7.47. The van der Waals surface area contributed by atoms with Crippen molar-refractivity contribution in [2.24, 2.45) is 0 Å². The smallest absolute Gasteiger partial charge is 0.140 e. The normalized spacial score (nSPS) is 23.7. The average molecular weight is 371 g/mol. The molecule has 1 saturated carbocycles. The van der Waals surface area contributed by atoms with E-state index < -0.39 is 17.9 Å². The Kier molecular flexibility index (Phi) is 5.32. The molecule has 2 aromatic carbocycles. The molecule has 2 aliphatic rings. The van der Waals surface area contributed by atoms with Gasteiger partial charge in [0.05, 0.1) is 12.2 Å². The molecule has 4 rings (SSSR count). The lowest BCUT2D eigenvalue weighted by Gasteiger charge is -2.21. The number of halogens is 2. The Morgan fingerprint density at radius 1 is 1.00 bits per heavy atom. The molecule has 0 radical (unpaired) electrons. The number of carbonyl (C=O) groups is 1. The van der Waals surface area contributed by atoms with E-state index in [4.69, 9.17) is 4.74 Å². The van der Waals surface area contributed by atoms with Crippen molar-refractivity contribution in [2.75, 3.05) is 6.61 Å². The van der Waals surface area contributed by atoms with Crippen LogP contribution < -0.4 is 5.32 Å². The lowest BCUT2D eigenvalue weighted by Crippen LogP contribution is -2.28. The molecule has 0 spiro atoms. The minimum absolute atomic E-state index is 0.00663. The van der Waals surface area contributed by atoms with Crippen LogP contribution in [0.4, 0.5) is 8.78 Å². The predicted molar refractivity (Wildman–Crippen MR) is 98.3 cm³/mol. The number of ether oxygens (including phenoxy) is 1. The van der Waals surface area contributed by atoms with E-state index in [-0.39, 0.29) is 11.6 Å². The SMILES string of the molecule is O=C1CCC(c2ccc(CC3COC(c4c(F)cccc4F)N3)cc2)CC1. The van der Waals surface area contributed by atoms with Crippen molar-refractivity contribution >= 4 is 5.78 Å². The summed E-state index contributed by atoms with van der Waals surface area (Å²) in [6.07, 6.45) is 3.22. The summed E-state index contributed by atoms with van der Waals surface area (Å²) < 4.78 is 33.4. The Morgan fingerprint density at radius 2 is 1.67 bits per heavy atom. The lowest BCUT2D eigenvalue weighted by molar-refractivity contribution is -0.120. The maximum absolute atomic E-state index is 13.9. The minimum atomic E-state index is -0.754. The Bertz CT molecular complexity index is 791. The number of benzene rings is 2. The van der Waals surface area contributed by atoms with Gasteiger partial charge in [-0.1, -0.05) is 30.3 Å². The van der Waals surface area contributed by atoms with E-state index in [1.165, 1.54) is 23.8 Å². The monoisotopic (exact) mass is 371 g/mol. The highest BCUT2D eigenvalue weighted by Crippen LogP contribution is 2.32. The first kappa shape index (κ1) is 18.3. The van der Waals surface area contributed by atoms with E-state index in [1.54, 1.807) is 0 Å². The number of rotatable bonds is 4. The van der Waals surface area contributed by atoms with Crippen molar-refractivity contribution in [3.63, 3.8) is 0 Å². The van der Waals surface area contributed by atoms with E-state index in [0.717, 1.165) is 24.8 Å². The zero-order chi connectivity index (χ0) is 18.8. The summed E-state index contributed by atoms with van der Waals surface area (Å²) >= 11 is 0. The third-order valence-corrected chi connectivity index (χ3v) is 5.59. The number of hydrogen-bond acceptors (Lipinski definition) is 3. The molecule has 142 valence electrons. The molecule has 1 aliphatic carbocycles. The molecule has 1 saturated heterocycles. The Morgan fingerprint density at radius 3 is 2.33 bits per heavy atom. The molecule has 1 heterocycles. The van der Waals surface area contributed by atoms with Crippen LogP contribution >= 0.6 is 0 Å². The largest absolute Gasteiger partial charge is 0.357 e. The van der Waals surface area contributed by atoms with Crippen molar-refractivity contribution < 1.29 is 18.3 Å². The molecule has 1 N–H and O–H groups in total. The topological polar surface area (TPSA) is 38.3 Å². The van der Waals surface area contributed by atoms with Crippen LogP contribution in [0.5, 0.6) is 0 Å². The van der Waals surface area contributed by atoms with Gasteiger partial charge in [-0.05, 0) is 48.4 Å². The van der Waals surface area contributed by atoms with Gasteiger partial charge in [-0.2, -0.15) is 0 Å². The molecule has 0 amide bonds. The molecule has 2 unspecified atom stereocenters. The van der Waals surface area contributed by atoms with Crippen molar-refractivity contribution in [3.05, 3.63) is 70.8 Å². The van der Waals surface area contributed by atoms with Crippen LogP contribution in [0.2, 0.25) is 0 Å². The van der Waals surface area contributed by atoms with Crippen LogP contribution in [-0.2, 0) is 16.0 Å². The summed E-state index contributed by atoms with van der Waals surface area (Å²) in [4.78, 5) is 11.4. The number of nitrogens with one attached hydrogen (secondary N) is 1. The van der Waals surface area contributed by atoms with Crippen LogP contribution in [-0.4, -0.2) is 18.4 Å². The van der Waals surface area contributed by atoms with Gasteiger partial charge in [-0.25, -0.2) is 8.78 Å². The molecule has 0 aromatic heterocycles. The van der Waals surface area contributed by atoms with Crippen LogP contribution in [0.25, 0.3) is 0 Å². The molecule has 2 atom stereocenters. The Balaban J connectivity index is 1.37. The average Bonchev–Trinajstić information content (AvgIpc) is 3.11. The fourth-order valence-electron chi connectivity index (χ4n) is 4.05. The summed E-state index contributed by atoms with van der Waals surface area (Å²) in [6.45, 7) is 0.408. The minimum Gasteiger partial charge on any atom is -0.357 e. The fourth-order valence-corrected chi connectivity index (χ4v) is 4.05. The summed E-state index contributed by atoms with van der Waals surface area (Å²) in [7, 11) is 0. The second kappa shape index (κ2) is 7.87. The van der Waals surface area contributed by atoms with E-state index in [2.05, 4.69) is 29.6 Å². The molecule has 0 bridgehead atoms. The van der Waals surface area contributed by atoms with Crippen molar-refractivity contribution in [1.82, 2.24) is 5.32 Å². The van der Waals surface area contributed by atoms with Gasteiger partial charge < -0.3 is 4.74 Å². The number of ketones is 1. The zero-order valence-electron chi connectivity index (χ0n) is 15.1. The highest BCUT2D eigenvalue weighted by atomic mass is 19.1. The van der Waals surface area contributed by atoms with Gasteiger partial charge in [-0.3, -0.25) is 10.1 Å². The predicted octanol–water partition coefficient (Wildman–Crippen LogP) is 4.42. The first-order valence-corrected chi connectivity index (χ1v) is 9.52. The van der Waals surface area contributed by atoms with Crippen LogP contribution in [0.1, 0.15) is 54.5 Å². The van der Waals surface area contributed by atoms with Gasteiger partial charge in [0.2, 0.25) is 0 Å². The van der Waals surface area contributed by atoms with E-state index in [0.29, 0.717) is 31.1 Å². The molecular formula is C22H23F2NO2. The molecule has 2 aromatic rings. The van der Waals surface area contributed by atoms with Crippen LogP contribution in [0, 0.1) is 11.6 Å². The lowest BCUT2D eigenvalue weighted by atomic mass is 9.83. The first-order chi connectivity index (χ1) is 13.1. The van der Waals surface area contributed by atoms with Gasteiger partial charge in [0.15, 0.2) is 0 Å². The van der Waals surface area contributed by atoms with Gasteiger partial charge in [-0.15, -0.1) is 0 Å². The molecule has 5 heteroatoms. The maximum atomic E-state index is 13.9. The third kappa shape index (κ3) is 4.09. The summed E-state index contributed by atoms with van der Waals surface area (Å²) in [5.74, 6) is -0.346. The first-order valence-electron chi connectivity index (χ1n) is 9.52. The van der Waals surface area contributed by atoms with E-state index in [1.807, 2.05) is 0 Å². The van der Waals surface area contributed by atoms with Crippen LogP contribution in [0.3, 0.4) is 0 Å². The maximum Gasteiger partial charge on any atom is 0.140 e. The third-order valence-electron chi connectivity index (χ3n) is 5.59. The van der Waals surface area contributed by atoms with Crippen molar-refractivity contribution in [1.29, 1.82) is 0 Å². The summed E-state index contributed by atoms with van der Waals surface area (Å²) in [5.41, 5.74) is 2.39. The van der Waals surface area contributed by atoms with Gasteiger partial charge in [0, 0.05) is 18.9 Å². The molecule has 1 aliphatic heterocycles. The van der Waals surface area contributed by atoms with Gasteiger partial charge in [0.1, 0.15) is 23.6 Å². The molecule has 3 nitrogen and oxygen atoms in total. The van der Waals surface area contributed by atoms with Gasteiger partial charge >= 0.3 is 0 Å². The fraction of sp³-hybridized carbons (Fsp3) is 0.409. The molecule has 2 fully saturated rings. The Labute approximate surface area is 157 Å². The van der Waals surface area contributed by atoms with Crippen molar-refractivity contribution in [2.45, 2.75) is 50.3 Å². The zero-order valence-corrected chi connectivity index (χ0v) is 15.1. The van der Waals surface area contributed by atoms with Crippen LogP contribution in [0.15, 0.2) is 42.5 Å². The molecule has 27 heavy (non-hydrogen) atoms. The number of Topliss-reactive ketones (excluding diaryl/α,β-unsaturated/α-hetero) is 1. The number of carbonyl (C=O) groups excluding carboxylic acids is 1. The van der Waals surface area contributed by atoms with E-state index in [9.17, 15) is 13.6 Å². The van der Waals surface area contributed by atoms with E-state index >= 15 is 0 Å². The quantitative estimate of drug-likeness (QED) is 0.865. The molecular weight excluding hydrogens is 348 g/mol. The Hall–Kier alpha value is -2.11. The van der Waals surface area contributed by atoms with Gasteiger partial charge in [0.25, 0.3) is 0 Å². The summed E-state index contributed by atoms with van der Waals surface area (Å²) in [6, 6.07) is 12.3. The summed E-state index contributed by atoms with van der Waals surface area (Å²) in [5, 5.41) is 3.18. The highest BCUT2D eigenvalue weighted by molar-refractivity contribution is 5.79.